The van der Waals surface area contributed by atoms with Crippen molar-refractivity contribution in [1.82, 2.24) is 9.38 Å². The summed E-state index contributed by atoms with van der Waals surface area (Å²) in [4.78, 5) is 17.2. The minimum absolute atomic E-state index is 0.173. The third-order valence-corrected chi connectivity index (χ3v) is 4.57. The Bertz CT molecular complexity index is 926. The van der Waals surface area contributed by atoms with Crippen molar-refractivity contribution < 1.29 is 4.79 Å². The summed E-state index contributed by atoms with van der Waals surface area (Å²) in [5, 5.41) is 5.68. The predicted octanol–water partition coefficient (Wildman–Crippen LogP) is 4.20. The van der Waals surface area contributed by atoms with Crippen LogP contribution in [-0.2, 0) is 4.79 Å². The van der Waals surface area contributed by atoms with Crippen molar-refractivity contribution in [3.8, 4) is 0 Å². The van der Waals surface area contributed by atoms with Gasteiger partial charge in [0.25, 0.3) is 5.91 Å². The van der Waals surface area contributed by atoms with E-state index < -0.39 is 0 Å². The van der Waals surface area contributed by atoms with Gasteiger partial charge in [0.2, 0.25) is 0 Å². The molecule has 0 aliphatic carbocycles. The average molecular weight is 336 g/mol. The normalized spacial score (nSPS) is 15.7. The number of carbonyl (C=O) groups excluding carboxylic acids is 1. The van der Waals surface area contributed by atoms with Crippen LogP contribution in [0.3, 0.4) is 0 Å². The van der Waals surface area contributed by atoms with Crippen molar-refractivity contribution in [2.24, 2.45) is 0 Å². The number of amides is 1. The van der Waals surface area contributed by atoms with Crippen LogP contribution in [0.1, 0.15) is 11.3 Å². The van der Waals surface area contributed by atoms with Crippen LogP contribution in [0.4, 0.5) is 5.69 Å². The number of fused-ring (bicyclic) bond motifs is 2. The maximum Gasteiger partial charge on any atom is 0.256 e. The van der Waals surface area contributed by atoms with Crippen LogP contribution in [0.5, 0.6) is 0 Å². The molecule has 1 aromatic carbocycles. The average Bonchev–Trinajstić information content (AvgIpc) is 3.06. The highest BCUT2D eigenvalue weighted by Crippen LogP contribution is 2.36. The number of hydrogen-bond acceptors (Lipinski definition) is 3. The summed E-state index contributed by atoms with van der Waals surface area (Å²) in [7, 11) is 0. The van der Waals surface area contributed by atoms with Crippen molar-refractivity contribution >= 4 is 62.7 Å². The van der Waals surface area contributed by atoms with E-state index in [1.54, 1.807) is 18.2 Å². The van der Waals surface area contributed by atoms with Gasteiger partial charge in [-0.05, 0) is 18.2 Å². The maximum atomic E-state index is 12.2. The molecule has 1 amide bonds. The molecule has 21 heavy (non-hydrogen) atoms. The van der Waals surface area contributed by atoms with E-state index in [-0.39, 0.29) is 5.91 Å². The molecule has 0 saturated carbocycles. The highest BCUT2D eigenvalue weighted by atomic mass is 35.5. The third kappa shape index (κ3) is 1.97. The molecule has 3 heterocycles. The van der Waals surface area contributed by atoms with Gasteiger partial charge >= 0.3 is 0 Å². The van der Waals surface area contributed by atoms with Gasteiger partial charge in [0, 0.05) is 22.2 Å². The van der Waals surface area contributed by atoms with E-state index >= 15 is 0 Å². The number of thiazole rings is 1. The fourth-order valence-corrected chi connectivity index (χ4v) is 3.52. The Hall–Kier alpha value is -1.82. The molecule has 1 aliphatic heterocycles. The number of nitrogens with zero attached hydrogens (tertiary/aromatic N) is 2. The summed E-state index contributed by atoms with van der Waals surface area (Å²) in [5.74, 6) is -0.173. The number of hydrogen-bond donors (Lipinski definition) is 1. The second-order valence-corrected chi connectivity index (χ2v) is 6.21. The molecular formula is C14H7Cl2N3OS. The molecule has 4 nitrogen and oxygen atoms in total. The molecule has 2 aromatic heterocycles. The van der Waals surface area contributed by atoms with E-state index in [9.17, 15) is 4.79 Å². The van der Waals surface area contributed by atoms with Crippen LogP contribution >= 0.6 is 34.5 Å². The minimum Gasteiger partial charge on any atom is -0.321 e. The van der Waals surface area contributed by atoms with Crippen molar-refractivity contribution in [2.45, 2.75) is 0 Å². The topological polar surface area (TPSA) is 46.4 Å². The lowest BCUT2D eigenvalue weighted by Crippen LogP contribution is -2.03. The minimum atomic E-state index is -0.173. The third-order valence-electron chi connectivity index (χ3n) is 3.30. The largest absolute Gasteiger partial charge is 0.321 e. The Morgan fingerprint density at radius 3 is 3.05 bits per heavy atom. The molecule has 1 aliphatic rings. The Morgan fingerprint density at radius 2 is 2.19 bits per heavy atom. The van der Waals surface area contributed by atoms with Crippen LogP contribution in [0.15, 0.2) is 29.8 Å². The van der Waals surface area contributed by atoms with Crippen LogP contribution in [-0.4, -0.2) is 15.3 Å². The number of imidazole rings is 1. The fourth-order valence-electron chi connectivity index (χ4n) is 2.35. The number of aromatic nitrogens is 2. The molecule has 0 saturated heterocycles. The van der Waals surface area contributed by atoms with Gasteiger partial charge in [-0.15, -0.1) is 11.3 Å². The fraction of sp³-hybridized carbons (Fsp3) is 0. The van der Waals surface area contributed by atoms with E-state index in [4.69, 9.17) is 23.2 Å². The highest BCUT2D eigenvalue weighted by Gasteiger charge is 2.25. The van der Waals surface area contributed by atoms with Gasteiger partial charge in [-0.3, -0.25) is 9.20 Å². The van der Waals surface area contributed by atoms with Crippen LogP contribution in [0, 0.1) is 0 Å². The van der Waals surface area contributed by atoms with Gasteiger partial charge in [0.05, 0.1) is 17.0 Å². The summed E-state index contributed by atoms with van der Waals surface area (Å²) < 4.78 is 1.86. The summed E-state index contributed by atoms with van der Waals surface area (Å²) in [6.45, 7) is 0. The Balaban J connectivity index is 1.92. The van der Waals surface area contributed by atoms with Gasteiger partial charge in [-0.25, -0.2) is 4.98 Å². The molecule has 0 spiro atoms. The lowest BCUT2D eigenvalue weighted by atomic mass is 10.1. The molecule has 104 valence electrons. The zero-order valence-corrected chi connectivity index (χ0v) is 12.8. The van der Waals surface area contributed by atoms with Crippen molar-refractivity contribution in [3.05, 3.63) is 51.2 Å². The Morgan fingerprint density at radius 1 is 1.33 bits per heavy atom. The number of anilines is 1. The first kappa shape index (κ1) is 12.9. The van der Waals surface area contributed by atoms with Crippen molar-refractivity contribution in [3.63, 3.8) is 0 Å². The lowest BCUT2D eigenvalue weighted by Gasteiger charge is -1.99. The smallest absolute Gasteiger partial charge is 0.256 e. The molecule has 0 fully saturated rings. The summed E-state index contributed by atoms with van der Waals surface area (Å²) in [6, 6.07) is 5.31. The molecule has 0 unspecified atom stereocenters. The summed E-state index contributed by atoms with van der Waals surface area (Å²) in [5.41, 5.74) is 2.77. The molecule has 4 rings (SSSR count). The number of halogens is 2. The van der Waals surface area contributed by atoms with Crippen LogP contribution in [0.2, 0.25) is 10.2 Å². The summed E-state index contributed by atoms with van der Waals surface area (Å²) in [6.07, 6.45) is 3.63. The first-order valence-corrected chi connectivity index (χ1v) is 7.71. The second-order valence-electron chi connectivity index (χ2n) is 4.55. The molecule has 7 heteroatoms. The van der Waals surface area contributed by atoms with Crippen molar-refractivity contribution in [1.29, 1.82) is 0 Å². The van der Waals surface area contributed by atoms with Gasteiger partial charge in [0.1, 0.15) is 0 Å². The first-order valence-electron chi connectivity index (χ1n) is 6.07. The second kappa shape index (κ2) is 4.59. The van der Waals surface area contributed by atoms with E-state index in [1.165, 1.54) is 11.3 Å². The van der Waals surface area contributed by atoms with Gasteiger partial charge in [-0.2, -0.15) is 0 Å². The van der Waals surface area contributed by atoms with E-state index in [2.05, 4.69) is 10.3 Å². The summed E-state index contributed by atoms with van der Waals surface area (Å²) >= 11 is 13.6. The molecule has 0 bridgehead atoms. The monoisotopic (exact) mass is 335 g/mol. The lowest BCUT2D eigenvalue weighted by molar-refractivity contribution is -0.110. The molecule has 3 aromatic rings. The zero-order valence-electron chi connectivity index (χ0n) is 10.4. The maximum absolute atomic E-state index is 12.2. The first-order chi connectivity index (χ1) is 10.1. The molecule has 1 N–H and O–H groups in total. The molecule has 0 atom stereocenters. The zero-order chi connectivity index (χ0) is 14.6. The van der Waals surface area contributed by atoms with Gasteiger partial charge < -0.3 is 5.32 Å². The molecular weight excluding hydrogens is 329 g/mol. The number of nitrogens with one attached hydrogen (secondary N) is 1. The number of rotatable bonds is 1. The number of benzene rings is 1. The Kier molecular flexibility index (Phi) is 2.82. The quantitative estimate of drug-likeness (QED) is 0.677. The molecule has 0 radical (unpaired) electrons. The SMILES string of the molecule is O=C1Nc2cc(Cl)ccc2/C1=C\c1c(Cl)nc2sccn12. The van der Waals surface area contributed by atoms with Crippen LogP contribution in [0.25, 0.3) is 16.6 Å². The van der Waals surface area contributed by atoms with Gasteiger partial charge in [0.15, 0.2) is 10.1 Å². The number of carbonyl (C=O) groups is 1. The Labute approximate surface area is 133 Å². The predicted molar refractivity (Wildman–Crippen MR) is 86.0 cm³/mol. The standard InChI is InChI=1S/C14H7Cl2N3OS/c15-7-1-2-8-9(13(20)17-10(8)5-7)6-11-12(16)18-14-19(11)3-4-21-14/h1-6H,(H,17,20)/b9-6+. The van der Waals surface area contributed by atoms with E-state index in [0.29, 0.717) is 27.1 Å². The van der Waals surface area contributed by atoms with Crippen LogP contribution < -0.4 is 5.32 Å². The van der Waals surface area contributed by atoms with Crippen molar-refractivity contribution in [2.75, 3.05) is 5.32 Å². The highest BCUT2D eigenvalue weighted by molar-refractivity contribution is 7.15. The van der Waals surface area contributed by atoms with E-state index in [1.807, 2.05) is 22.0 Å². The van der Waals surface area contributed by atoms with E-state index in [0.717, 1.165) is 10.5 Å². The van der Waals surface area contributed by atoms with Gasteiger partial charge in [-0.1, -0.05) is 29.3 Å².